The Morgan fingerprint density at radius 3 is 2.10 bits per heavy atom. The van der Waals surface area contributed by atoms with Gasteiger partial charge in [0.15, 0.2) is 0 Å². The van der Waals surface area contributed by atoms with E-state index in [1.165, 1.54) is 23.1 Å². The van der Waals surface area contributed by atoms with Crippen LogP contribution in [0.5, 0.6) is 0 Å². The fourth-order valence-corrected chi connectivity index (χ4v) is 5.63. The molecule has 0 saturated heterocycles. The molecule has 40 heavy (non-hydrogen) atoms. The van der Waals surface area contributed by atoms with E-state index in [9.17, 15) is 18.0 Å². The largest absolute Gasteiger partial charge is 0.354 e. The first-order chi connectivity index (χ1) is 18.8. The normalized spacial score (nSPS) is 12.2. The van der Waals surface area contributed by atoms with Crippen molar-refractivity contribution in [3.8, 4) is 0 Å². The highest BCUT2D eigenvalue weighted by Crippen LogP contribution is 2.29. The number of nitrogens with one attached hydrogen (secondary N) is 1. The van der Waals surface area contributed by atoms with Gasteiger partial charge in [0.25, 0.3) is 10.0 Å². The zero-order valence-electron chi connectivity index (χ0n) is 23.3. The molecule has 1 N–H and O–H groups in total. The lowest BCUT2D eigenvalue weighted by Crippen LogP contribution is -2.51. The van der Waals surface area contributed by atoms with Gasteiger partial charge in [-0.05, 0) is 74.2 Å². The van der Waals surface area contributed by atoms with Gasteiger partial charge in [-0.3, -0.25) is 13.9 Å². The first kappa shape index (κ1) is 31.5. The molecule has 0 aromatic heterocycles. The molecule has 3 aromatic carbocycles. The molecule has 0 bridgehead atoms. The lowest BCUT2D eigenvalue weighted by Gasteiger charge is -2.32. The van der Waals surface area contributed by atoms with Crippen LogP contribution in [0.15, 0.2) is 71.6 Å². The van der Waals surface area contributed by atoms with E-state index in [1.807, 2.05) is 20.8 Å². The Kier molecular flexibility index (Phi) is 10.6. The van der Waals surface area contributed by atoms with Crippen molar-refractivity contribution < 1.29 is 18.0 Å². The Morgan fingerprint density at radius 1 is 0.900 bits per heavy atom. The smallest absolute Gasteiger partial charge is 0.264 e. The molecule has 7 nitrogen and oxygen atoms in total. The summed E-state index contributed by atoms with van der Waals surface area (Å²) in [5.74, 6) is -0.658. The SMILES string of the molecule is Cc1ccc(S(=O)(=O)N(CC(=O)N(Cc2ccc(Cl)cc2)C(C)C(=O)NCC(C)C)c2ccc(C)c(Cl)c2)cc1. The molecule has 0 aliphatic rings. The van der Waals surface area contributed by atoms with Gasteiger partial charge in [0.1, 0.15) is 12.6 Å². The molecule has 0 spiro atoms. The lowest BCUT2D eigenvalue weighted by molar-refractivity contribution is -0.139. The van der Waals surface area contributed by atoms with E-state index in [4.69, 9.17) is 23.2 Å². The average molecular weight is 605 g/mol. The second-order valence-electron chi connectivity index (χ2n) is 10.2. The molecule has 0 saturated carbocycles. The number of halogens is 2. The predicted molar refractivity (Wildman–Crippen MR) is 161 cm³/mol. The van der Waals surface area contributed by atoms with Crippen LogP contribution in [0.4, 0.5) is 5.69 Å². The molecule has 1 atom stereocenters. The van der Waals surface area contributed by atoms with Gasteiger partial charge in [0.05, 0.1) is 10.6 Å². The monoisotopic (exact) mass is 603 g/mol. The van der Waals surface area contributed by atoms with Crippen LogP contribution >= 0.6 is 23.2 Å². The summed E-state index contributed by atoms with van der Waals surface area (Å²) in [6.07, 6.45) is 0. The molecule has 0 aliphatic carbocycles. The van der Waals surface area contributed by atoms with Crippen LogP contribution in [0, 0.1) is 19.8 Å². The summed E-state index contributed by atoms with van der Waals surface area (Å²) in [6.45, 7) is 9.24. The van der Waals surface area contributed by atoms with Gasteiger partial charge >= 0.3 is 0 Å². The van der Waals surface area contributed by atoms with Gasteiger partial charge in [0.2, 0.25) is 11.8 Å². The molecule has 0 radical (unpaired) electrons. The summed E-state index contributed by atoms with van der Waals surface area (Å²) >= 11 is 12.4. The van der Waals surface area contributed by atoms with Crippen LogP contribution in [0.25, 0.3) is 0 Å². The van der Waals surface area contributed by atoms with Crippen molar-refractivity contribution in [2.45, 2.75) is 52.1 Å². The molecular formula is C30H35Cl2N3O4S. The molecule has 2 amide bonds. The first-order valence-electron chi connectivity index (χ1n) is 13.0. The van der Waals surface area contributed by atoms with Crippen molar-refractivity contribution in [1.82, 2.24) is 10.2 Å². The first-order valence-corrected chi connectivity index (χ1v) is 15.2. The van der Waals surface area contributed by atoms with E-state index >= 15 is 0 Å². The van der Waals surface area contributed by atoms with Gasteiger partial charge < -0.3 is 10.2 Å². The quantitative estimate of drug-likeness (QED) is 0.291. The van der Waals surface area contributed by atoms with Crippen molar-refractivity contribution >= 4 is 50.7 Å². The van der Waals surface area contributed by atoms with Gasteiger partial charge in [-0.1, -0.05) is 72.9 Å². The molecule has 3 rings (SSSR count). The number of anilines is 1. The summed E-state index contributed by atoms with van der Waals surface area (Å²) in [6, 6.07) is 17.3. The highest BCUT2D eigenvalue weighted by atomic mass is 35.5. The minimum absolute atomic E-state index is 0.0366. The zero-order valence-corrected chi connectivity index (χ0v) is 25.6. The van der Waals surface area contributed by atoms with E-state index in [2.05, 4.69) is 5.32 Å². The van der Waals surface area contributed by atoms with Crippen molar-refractivity contribution in [3.63, 3.8) is 0 Å². The maximum absolute atomic E-state index is 13.9. The molecule has 3 aromatic rings. The van der Waals surface area contributed by atoms with Crippen LogP contribution in [-0.4, -0.2) is 44.3 Å². The van der Waals surface area contributed by atoms with E-state index in [0.29, 0.717) is 16.6 Å². The van der Waals surface area contributed by atoms with Crippen molar-refractivity contribution in [3.05, 3.63) is 93.5 Å². The lowest BCUT2D eigenvalue weighted by atomic mass is 10.1. The van der Waals surface area contributed by atoms with Crippen molar-refractivity contribution in [2.75, 3.05) is 17.4 Å². The van der Waals surface area contributed by atoms with Crippen molar-refractivity contribution in [1.29, 1.82) is 0 Å². The number of hydrogen-bond donors (Lipinski definition) is 1. The van der Waals surface area contributed by atoms with Crippen molar-refractivity contribution in [2.24, 2.45) is 5.92 Å². The van der Waals surface area contributed by atoms with E-state index in [-0.39, 0.29) is 29.0 Å². The number of nitrogens with zero attached hydrogens (tertiary/aromatic N) is 2. The van der Waals surface area contributed by atoms with Gasteiger partial charge in [0, 0.05) is 23.1 Å². The molecule has 0 aliphatic heterocycles. The second kappa shape index (κ2) is 13.5. The fourth-order valence-electron chi connectivity index (χ4n) is 3.92. The summed E-state index contributed by atoms with van der Waals surface area (Å²) < 4.78 is 28.8. The van der Waals surface area contributed by atoms with Crippen LogP contribution in [0.2, 0.25) is 10.0 Å². The van der Waals surface area contributed by atoms with Gasteiger partial charge in [-0.15, -0.1) is 0 Å². The fraction of sp³-hybridized carbons (Fsp3) is 0.333. The number of rotatable bonds is 11. The predicted octanol–water partition coefficient (Wildman–Crippen LogP) is 6.00. The van der Waals surface area contributed by atoms with Gasteiger partial charge in [-0.2, -0.15) is 0 Å². The number of benzene rings is 3. The third-order valence-corrected chi connectivity index (χ3v) is 8.90. The molecule has 10 heteroatoms. The zero-order chi connectivity index (χ0) is 29.6. The number of hydrogen-bond acceptors (Lipinski definition) is 4. The summed E-state index contributed by atoms with van der Waals surface area (Å²) in [5, 5.41) is 3.78. The molecule has 214 valence electrons. The molecular weight excluding hydrogens is 569 g/mol. The molecule has 0 heterocycles. The third-order valence-electron chi connectivity index (χ3n) is 6.45. The van der Waals surface area contributed by atoms with Crippen LogP contribution in [0.3, 0.4) is 0 Å². The Labute approximate surface area is 247 Å². The number of amides is 2. The molecule has 1 unspecified atom stereocenters. The average Bonchev–Trinajstić information content (AvgIpc) is 2.91. The highest BCUT2D eigenvalue weighted by molar-refractivity contribution is 7.92. The highest BCUT2D eigenvalue weighted by Gasteiger charge is 2.32. The topological polar surface area (TPSA) is 86.8 Å². The minimum Gasteiger partial charge on any atom is -0.354 e. The van der Waals surface area contributed by atoms with Crippen LogP contribution < -0.4 is 9.62 Å². The summed E-state index contributed by atoms with van der Waals surface area (Å²) in [4.78, 5) is 28.4. The summed E-state index contributed by atoms with van der Waals surface area (Å²) in [5.41, 5.74) is 2.65. The van der Waals surface area contributed by atoms with Gasteiger partial charge in [-0.25, -0.2) is 8.42 Å². The maximum Gasteiger partial charge on any atom is 0.264 e. The van der Waals surface area contributed by atoms with Crippen LogP contribution in [-0.2, 0) is 26.2 Å². The number of carbonyl (C=O) groups excluding carboxylic acids is 2. The standard InChI is InChI=1S/C30H35Cl2N3O4S/c1-20(2)17-33-30(37)23(5)34(18-24-9-11-25(31)12-10-24)29(36)19-35(26-13-8-22(4)28(32)16-26)40(38,39)27-14-6-21(3)7-15-27/h6-16,20,23H,17-19H2,1-5H3,(H,33,37). The number of carbonyl (C=O) groups is 2. The molecule has 0 fully saturated rings. The third kappa shape index (κ3) is 7.99. The number of aryl methyl sites for hydroxylation is 2. The second-order valence-corrected chi connectivity index (χ2v) is 12.9. The Bertz CT molecular complexity index is 1440. The minimum atomic E-state index is -4.17. The van der Waals surface area contributed by atoms with E-state index in [0.717, 1.165) is 21.0 Å². The van der Waals surface area contributed by atoms with E-state index < -0.39 is 28.5 Å². The summed E-state index contributed by atoms with van der Waals surface area (Å²) in [7, 11) is -4.17. The van der Waals surface area contributed by atoms with E-state index in [1.54, 1.807) is 62.4 Å². The number of sulfonamides is 1. The maximum atomic E-state index is 13.9. The Hall–Kier alpha value is -3.07. The Morgan fingerprint density at radius 2 is 1.52 bits per heavy atom. The van der Waals surface area contributed by atoms with Crippen LogP contribution in [0.1, 0.15) is 37.5 Å². The Balaban J connectivity index is 2.03.